The third kappa shape index (κ3) is 5.87. The first-order valence-electron chi connectivity index (χ1n) is 9.55. The second kappa shape index (κ2) is 9.59. The molecule has 1 fully saturated rings. The van der Waals surface area contributed by atoms with Gasteiger partial charge >= 0.3 is 0 Å². The number of unbranched alkanes of at least 4 members (excludes halogenated alkanes) is 1. The number of nitrogens with one attached hydrogen (secondary N) is 1. The lowest BCUT2D eigenvalue weighted by atomic mass is 10.2. The van der Waals surface area contributed by atoms with E-state index in [9.17, 15) is 0 Å². The lowest BCUT2D eigenvalue weighted by molar-refractivity contribution is 0.309. The first-order valence-corrected chi connectivity index (χ1v) is 9.55. The molecule has 0 aliphatic carbocycles. The van der Waals surface area contributed by atoms with E-state index in [1.165, 1.54) is 30.5 Å². The van der Waals surface area contributed by atoms with Crippen molar-refractivity contribution in [3.8, 4) is 5.75 Å². The van der Waals surface area contributed by atoms with Crippen LogP contribution in [0.25, 0.3) is 0 Å². The summed E-state index contributed by atoms with van der Waals surface area (Å²) in [7, 11) is 0. The number of hydrogen-bond donors (Lipinski definition) is 1. The van der Waals surface area contributed by atoms with Gasteiger partial charge in [-0.05, 0) is 36.1 Å². The van der Waals surface area contributed by atoms with Gasteiger partial charge in [-0.3, -0.25) is 4.90 Å². The van der Waals surface area contributed by atoms with Crippen LogP contribution >= 0.6 is 0 Å². The number of ether oxygens (including phenoxy) is 1. The van der Waals surface area contributed by atoms with Crippen molar-refractivity contribution in [2.24, 2.45) is 0 Å². The third-order valence-electron chi connectivity index (χ3n) is 4.81. The van der Waals surface area contributed by atoms with Gasteiger partial charge in [0.25, 0.3) is 0 Å². The largest absolute Gasteiger partial charge is 0.494 e. The molecule has 1 N–H and O–H groups in total. The molecule has 2 aromatic rings. The maximum Gasteiger partial charge on any atom is 0.119 e. The quantitative estimate of drug-likeness (QED) is 0.693. The Morgan fingerprint density at radius 1 is 1.04 bits per heavy atom. The van der Waals surface area contributed by atoms with Crippen molar-refractivity contribution < 1.29 is 4.74 Å². The molecule has 3 heteroatoms. The first-order chi connectivity index (χ1) is 12.3. The van der Waals surface area contributed by atoms with E-state index in [0.717, 1.165) is 38.4 Å². The summed E-state index contributed by atoms with van der Waals surface area (Å²) >= 11 is 0. The topological polar surface area (TPSA) is 24.5 Å². The summed E-state index contributed by atoms with van der Waals surface area (Å²) < 4.78 is 5.72. The van der Waals surface area contributed by atoms with E-state index in [-0.39, 0.29) is 0 Å². The molecule has 0 bridgehead atoms. The van der Waals surface area contributed by atoms with Crippen molar-refractivity contribution >= 4 is 0 Å². The highest BCUT2D eigenvalue weighted by molar-refractivity contribution is 5.27. The fourth-order valence-electron chi connectivity index (χ4n) is 3.28. The van der Waals surface area contributed by atoms with Crippen molar-refractivity contribution in [1.82, 2.24) is 10.2 Å². The van der Waals surface area contributed by atoms with Gasteiger partial charge in [0.05, 0.1) is 6.61 Å². The predicted octanol–water partition coefficient (Wildman–Crippen LogP) is 4.23. The Morgan fingerprint density at radius 2 is 1.84 bits per heavy atom. The van der Waals surface area contributed by atoms with Crippen LogP contribution in [0.3, 0.4) is 0 Å². The summed E-state index contributed by atoms with van der Waals surface area (Å²) in [5.41, 5.74) is 2.73. The van der Waals surface area contributed by atoms with Crippen molar-refractivity contribution in [2.75, 3.05) is 19.7 Å². The molecule has 1 atom stereocenters. The van der Waals surface area contributed by atoms with E-state index in [1.807, 2.05) is 0 Å². The predicted molar refractivity (Wildman–Crippen MR) is 104 cm³/mol. The molecule has 1 aliphatic rings. The molecular weight excluding hydrogens is 308 g/mol. The Hall–Kier alpha value is -1.84. The molecule has 0 radical (unpaired) electrons. The van der Waals surface area contributed by atoms with E-state index in [4.69, 9.17) is 4.74 Å². The minimum Gasteiger partial charge on any atom is -0.494 e. The SMILES string of the molecule is CCCCOc1ccc(CNC2CCN(Cc3ccccc3)C2)cc1. The average Bonchev–Trinajstić information content (AvgIpc) is 3.09. The van der Waals surface area contributed by atoms with Gasteiger partial charge in [-0.15, -0.1) is 0 Å². The van der Waals surface area contributed by atoms with Gasteiger partial charge < -0.3 is 10.1 Å². The molecule has 0 amide bonds. The van der Waals surface area contributed by atoms with Gasteiger partial charge in [-0.25, -0.2) is 0 Å². The van der Waals surface area contributed by atoms with Gasteiger partial charge in [0, 0.05) is 32.2 Å². The second-order valence-electron chi connectivity index (χ2n) is 6.93. The van der Waals surface area contributed by atoms with Crippen LogP contribution in [0.1, 0.15) is 37.3 Å². The zero-order valence-electron chi connectivity index (χ0n) is 15.3. The normalized spacial score (nSPS) is 17.7. The van der Waals surface area contributed by atoms with Gasteiger partial charge in [-0.2, -0.15) is 0 Å². The lowest BCUT2D eigenvalue weighted by Crippen LogP contribution is -2.31. The molecular formula is C22H30N2O. The monoisotopic (exact) mass is 338 g/mol. The zero-order chi connectivity index (χ0) is 17.3. The van der Waals surface area contributed by atoms with Crippen LogP contribution in [0.15, 0.2) is 54.6 Å². The molecule has 2 aromatic carbocycles. The number of rotatable bonds is 9. The zero-order valence-corrected chi connectivity index (χ0v) is 15.3. The lowest BCUT2D eigenvalue weighted by Gasteiger charge is -2.17. The Labute approximate surface area is 152 Å². The fraction of sp³-hybridized carbons (Fsp3) is 0.455. The van der Waals surface area contributed by atoms with Crippen LogP contribution in [0.5, 0.6) is 5.75 Å². The molecule has 1 unspecified atom stereocenters. The molecule has 3 nitrogen and oxygen atoms in total. The molecule has 25 heavy (non-hydrogen) atoms. The number of likely N-dealkylation sites (tertiary alicyclic amines) is 1. The van der Waals surface area contributed by atoms with Crippen LogP contribution in [-0.2, 0) is 13.1 Å². The van der Waals surface area contributed by atoms with Crippen LogP contribution in [0.2, 0.25) is 0 Å². The highest BCUT2D eigenvalue weighted by Gasteiger charge is 2.21. The maximum absolute atomic E-state index is 5.72. The van der Waals surface area contributed by atoms with Crippen molar-refractivity contribution in [3.63, 3.8) is 0 Å². The van der Waals surface area contributed by atoms with Crippen LogP contribution in [-0.4, -0.2) is 30.6 Å². The summed E-state index contributed by atoms with van der Waals surface area (Å²) in [5.74, 6) is 0.979. The second-order valence-corrected chi connectivity index (χ2v) is 6.93. The fourth-order valence-corrected chi connectivity index (χ4v) is 3.28. The maximum atomic E-state index is 5.72. The standard InChI is InChI=1S/C22H30N2O/c1-2-3-15-25-22-11-9-19(10-12-22)16-23-21-13-14-24(18-21)17-20-7-5-4-6-8-20/h4-12,21,23H,2-3,13-18H2,1H3. The van der Waals surface area contributed by atoms with E-state index >= 15 is 0 Å². The van der Waals surface area contributed by atoms with Crippen LogP contribution < -0.4 is 10.1 Å². The highest BCUT2D eigenvalue weighted by atomic mass is 16.5. The van der Waals surface area contributed by atoms with E-state index in [1.54, 1.807) is 0 Å². The third-order valence-corrected chi connectivity index (χ3v) is 4.81. The average molecular weight is 338 g/mol. The van der Waals surface area contributed by atoms with Crippen molar-refractivity contribution in [2.45, 2.75) is 45.3 Å². The molecule has 0 spiro atoms. The Balaban J connectivity index is 1.39. The van der Waals surface area contributed by atoms with Gasteiger partial charge in [-0.1, -0.05) is 55.8 Å². The molecule has 1 aliphatic heterocycles. The van der Waals surface area contributed by atoms with Gasteiger partial charge in [0.1, 0.15) is 5.75 Å². The molecule has 3 rings (SSSR count). The van der Waals surface area contributed by atoms with Crippen LogP contribution in [0.4, 0.5) is 0 Å². The van der Waals surface area contributed by atoms with E-state index in [2.05, 4.69) is 71.7 Å². The van der Waals surface area contributed by atoms with E-state index < -0.39 is 0 Å². The molecule has 1 saturated heterocycles. The number of benzene rings is 2. The van der Waals surface area contributed by atoms with Crippen molar-refractivity contribution in [1.29, 1.82) is 0 Å². The minimum atomic E-state index is 0.587. The smallest absolute Gasteiger partial charge is 0.119 e. The van der Waals surface area contributed by atoms with Gasteiger partial charge in [0.15, 0.2) is 0 Å². The van der Waals surface area contributed by atoms with Crippen molar-refractivity contribution in [3.05, 3.63) is 65.7 Å². The summed E-state index contributed by atoms with van der Waals surface area (Å²) in [4.78, 5) is 2.54. The molecule has 1 heterocycles. The Morgan fingerprint density at radius 3 is 2.60 bits per heavy atom. The van der Waals surface area contributed by atoms with Gasteiger partial charge in [0.2, 0.25) is 0 Å². The summed E-state index contributed by atoms with van der Waals surface area (Å²) in [6, 6.07) is 19.9. The van der Waals surface area contributed by atoms with Crippen LogP contribution in [0, 0.1) is 0 Å². The molecule has 0 aromatic heterocycles. The summed E-state index contributed by atoms with van der Waals surface area (Å²) in [5, 5.41) is 3.70. The number of hydrogen-bond acceptors (Lipinski definition) is 3. The molecule has 0 saturated carbocycles. The highest BCUT2D eigenvalue weighted by Crippen LogP contribution is 2.16. The summed E-state index contributed by atoms with van der Waals surface area (Å²) in [6.07, 6.45) is 3.51. The number of nitrogens with zero attached hydrogens (tertiary/aromatic N) is 1. The summed E-state index contributed by atoms with van der Waals surface area (Å²) in [6.45, 7) is 7.29. The Bertz CT molecular complexity index is 612. The Kier molecular flexibility index (Phi) is 6.89. The van der Waals surface area contributed by atoms with E-state index in [0.29, 0.717) is 6.04 Å². The first kappa shape index (κ1) is 18.0. The molecule has 134 valence electrons. The minimum absolute atomic E-state index is 0.587.